The largest absolute Gasteiger partial charge is 0.359 e. The van der Waals surface area contributed by atoms with Crippen molar-refractivity contribution in [2.75, 3.05) is 6.54 Å². The average molecular weight is 302 g/mol. The van der Waals surface area contributed by atoms with E-state index in [2.05, 4.69) is 5.16 Å². The Morgan fingerprint density at radius 1 is 1.45 bits per heavy atom. The van der Waals surface area contributed by atoms with E-state index in [4.69, 9.17) is 4.52 Å². The number of aryl methyl sites for hydroxylation is 1. The summed E-state index contributed by atoms with van der Waals surface area (Å²) in [4.78, 5) is 14.3. The Morgan fingerprint density at radius 2 is 2.27 bits per heavy atom. The van der Waals surface area contributed by atoms with Crippen LogP contribution in [0.1, 0.15) is 42.8 Å². The third-order valence-corrected chi connectivity index (χ3v) is 4.14. The number of aromatic nitrogens is 1. The minimum absolute atomic E-state index is 0.0675. The molecule has 3 rings (SSSR count). The van der Waals surface area contributed by atoms with Crippen molar-refractivity contribution in [3.05, 3.63) is 53.2 Å². The number of hydrogen-bond acceptors (Lipinski definition) is 3. The van der Waals surface area contributed by atoms with Crippen LogP contribution in [0.5, 0.6) is 0 Å². The van der Waals surface area contributed by atoms with Crippen LogP contribution in [0.2, 0.25) is 0 Å². The van der Waals surface area contributed by atoms with Crippen LogP contribution in [-0.4, -0.2) is 22.5 Å². The van der Waals surface area contributed by atoms with Gasteiger partial charge >= 0.3 is 0 Å². The van der Waals surface area contributed by atoms with E-state index in [0.29, 0.717) is 12.1 Å². The zero-order valence-electron chi connectivity index (χ0n) is 12.6. The van der Waals surface area contributed by atoms with E-state index < -0.39 is 0 Å². The lowest BCUT2D eigenvalue weighted by atomic mass is 10.1. The molecule has 1 fully saturated rings. The van der Waals surface area contributed by atoms with Crippen LogP contribution < -0.4 is 0 Å². The van der Waals surface area contributed by atoms with Gasteiger partial charge in [0, 0.05) is 12.6 Å². The summed E-state index contributed by atoms with van der Waals surface area (Å²) in [7, 11) is 0. The quantitative estimate of drug-likeness (QED) is 0.870. The molecule has 0 N–H and O–H groups in total. The number of carbonyl (C=O) groups is 1. The zero-order valence-corrected chi connectivity index (χ0v) is 12.6. The highest BCUT2D eigenvalue weighted by Crippen LogP contribution is 2.33. The van der Waals surface area contributed by atoms with Crippen molar-refractivity contribution < 1.29 is 13.7 Å². The summed E-state index contributed by atoms with van der Waals surface area (Å²) >= 11 is 0. The van der Waals surface area contributed by atoms with E-state index in [0.717, 1.165) is 30.7 Å². The summed E-state index contributed by atoms with van der Waals surface area (Å²) in [5.74, 6) is 0.331. The van der Waals surface area contributed by atoms with Gasteiger partial charge in [0.05, 0.1) is 18.2 Å². The van der Waals surface area contributed by atoms with Gasteiger partial charge in [0.2, 0.25) is 5.91 Å². The molecule has 22 heavy (non-hydrogen) atoms. The minimum Gasteiger partial charge on any atom is -0.359 e. The molecule has 4 nitrogen and oxygen atoms in total. The Labute approximate surface area is 128 Å². The molecular formula is C17H19FN2O2. The smallest absolute Gasteiger partial charge is 0.227 e. The maximum atomic E-state index is 13.7. The fourth-order valence-corrected chi connectivity index (χ4v) is 2.92. The van der Waals surface area contributed by atoms with Gasteiger partial charge in [-0.25, -0.2) is 4.39 Å². The zero-order chi connectivity index (χ0) is 15.5. The third-order valence-electron chi connectivity index (χ3n) is 4.14. The van der Waals surface area contributed by atoms with E-state index in [1.165, 1.54) is 6.07 Å². The highest BCUT2D eigenvalue weighted by atomic mass is 19.1. The molecule has 1 aromatic carbocycles. The molecule has 0 spiro atoms. The molecule has 1 aliphatic heterocycles. The predicted octanol–water partition coefficient (Wildman–Crippen LogP) is 3.28. The van der Waals surface area contributed by atoms with Crippen LogP contribution in [0.4, 0.5) is 4.39 Å². The first-order valence-corrected chi connectivity index (χ1v) is 7.67. The van der Waals surface area contributed by atoms with Crippen molar-refractivity contribution in [3.8, 4) is 0 Å². The highest BCUT2D eigenvalue weighted by molar-refractivity contribution is 5.79. The van der Waals surface area contributed by atoms with Crippen LogP contribution in [0.3, 0.4) is 0 Å². The molecule has 2 heterocycles. The molecule has 0 radical (unpaired) electrons. The van der Waals surface area contributed by atoms with Crippen molar-refractivity contribution in [1.29, 1.82) is 0 Å². The lowest BCUT2D eigenvalue weighted by molar-refractivity contribution is -0.131. The number of hydrogen-bond donors (Lipinski definition) is 0. The molecule has 0 aliphatic carbocycles. The third kappa shape index (κ3) is 2.89. The number of likely N-dealkylation sites (tertiary alicyclic amines) is 1. The van der Waals surface area contributed by atoms with Gasteiger partial charge in [-0.2, -0.15) is 0 Å². The summed E-state index contributed by atoms with van der Waals surface area (Å²) in [6, 6.07) is 8.25. The molecule has 1 aliphatic rings. The van der Waals surface area contributed by atoms with Gasteiger partial charge in [-0.1, -0.05) is 30.3 Å². The molecule has 5 heteroatoms. The molecular weight excluding hydrogens is 283 g/mol. The van der Waals surface area contributed by atoms with Crippen LogP contribution in [-0.2, 0) is 17.6 Å². The number of carbonyl (C=O) groups excluding carboxylic acids is 1. The first kappa shape index (κ1) is 14.8. The van der Waals surface area contributed by atoms with Crippen LogP contribution in [0.25, 0.3) is 0 Å². The highest BCUT2D eigenvalue weighted by Gasteiger charge is 2.32. The van der Waals surface area contributed by atoms with Crippen LogP contribution in [0, 0.1) is 5.82 Å². The fourth-order valence-electron chi connectivity index (χ4n) is 2.92. The molecule has 0 saturated carbocycles. The molecule has 116 valence electrons. The van der Waals surface area contributed by atoms with E-state index in [1.807, 2.05) is 13.0 Å². The molecule has 0 bridgehead atoms. The number of nitrogens with zero attached hydrogens (tertiary/aromatic N) is 2. The van der Waals surface area contributed by atoms with E-state index >= 15 is 0 Å². The van der Waals surface area contributed by atoms with Crippen molar-refractivity contribution in [3.63, 3.8) is 0 Å². The number of amides is 1. The molecule has 1 atom stereocenters. The number of halogens is 1. The average Bonchev–Trinajstić information content (AvgIpc) is 3.17. The maximum absolute atomic E-state index is 13.7. The van der Waals surface area contributed by atoms with Crippen molar-refractivity contribution in [2.45, 2.75) is 38.6 Å². The molecule has 2 aromatic rings. The Kier molecular flexibility index (Phi) is 4.22. The Morgan fingerprint density at radius 3 is 3.00 bits per heavy atom. The minimum atomic E-state index is -0.334. The van der Waals surface area contributed by atoms with Crippen LogP contribution >= 0.6 is 0 Å². The standard InChI is InChI=1S/C17H19FN2O2/c1-2-13-11-16(22-19-13)15-8-5-9-20(15)17(21)10-12-6-3-4-7-14(12)18/h3-4,6-7,11,15H,2,5,8-10H2,1H3/t15-/m0/s1. The molecule has 1 saturated heterocycles. The van der Waals surface area contributed by atoms with Gasteiger partial charge in [0.1, 0.15) is 5.82 Å². The van der Waals surface area contributed by atoms with Crippen molar-refractivity contribution in [1.82, 2.24) is 10.1 Å². The van der Waals surface area contributed by atoms with E-state index in [-0.39, 0.29) is 24.2 Å². The predicted molar refractivity (Wildman–Crippen MR) is 79.7 cm³/mol. The Balaban J connectivity index is 1.75. The lowest BCUT2D eigenvalue weighted by Crippen LogP contribution is -2.31. The summed E-state index contributed by atoms with van der Waals surface area (Å²) in [6.45, 7) is 2.69. The second-order valence-electron chi connectivity index (χ2n) is 5.59. The maximum Gasteiger partial charge on any atom is 0.227 e. The molecule has 1 aromatic heterocycles. The van der Waals surface area contributed by atoms with Gasteiger partial charge in [0.15, 0.2) is 5.76 Å². The van der Waals surface area contributed by atoms with E-state index in [9.17, 15) is 9.18 Å². The topological polar surface area (TPSA) is 46.3 Å². The Hall–Kier alpha value is -2.17. The van der Waals surface area contributed by atoms with Crippen LogP contribution in [0.15, 0.2) is 34.9 Å². The summed E-state index contributed by atoms with van der Waals surface area (Å²) in [6.07, 6.45) is 2.68. The second kappa shape index (κ2) is 6.30. The SMILES string of the molecule is CCc1cc([C@@H]2CCCN2C(=O)Cc2ccccc2F)on1. The second-order valence-corrected chi connectivity index (χ2v) is 5.59. The number of rotatable bonds is 4. The first-order chi connectivity index (χ1) is 10.7. The summed E-state index contributed by atoms with van der Waals surface area (Å²) in [5.41, 5.74) is 1.33. The summed E-state index contributed by atoms with van der Waals surface area (Å²) in [5, 5.41) is 4.00. The van der Waals surface area contributed by atoms with Gasteiger partial charge < -0.3 is 9.42 Å². The van der Waals surface area contributed by atoms with Gasteiger partial charge in [-0.05, 0) is 30.9 Å². The molecule has 1 amide bonds. The van der Waals surface area contributed by atoms with Crippen molar-refractivity contribution >= 4 is 5.91 Å². The van der Waals surface area contributed by atoms with E-state index in [1.54, 1.807) is 23.1 Å². The number of benzene rings is 1. The van der Waals surface area contributed by atoms with Gasteiger partial charge in [-0.15, -0.1) is 0 Å². The molecule has 0 unspecified atom stereocenters. The summed E-state index contributed by atoms with van der Waals surface area (Å²) < 4.78 is 19.1. The monoisotopic (exact) mass is 302 g/mol. The normalized spacial score (nSPS) is 17.9. The van der Waals surface area contributed by atoms with Gasteiger partial charge in [0.25, 0.3) is 0 Å². The fraction of sp³-hybridized carbons (Fsp3) is 0.412. The first-order valence-electron chi connectivity index (χ1n) is 7.67. The van der Waals surface area contributed by atoms with Crippen molar-refractivity contribution in [2.24, 2.45) is 0 Å². The Bertz CT molecular complexity index is 668. The lowest BCUT2D eigenvalue weighted by Gasteiger charge is -2.22. The van der Waals surface area contributed by atoms with Gasteiger partial charge in [-0.3, -0.25) is 4.79 Å².